The summed E-state index contributed by atoms with van der Waals surface area (Å²) in [7, 11) is 0. The smallest absolute Gasteiger partial charge is 0.0465 e. The molecule has 3 heteroatoms. The number of halogens is 2. The van der Waals surface area contributed by atoms with Crippen LogP contribution in [0, 0.1) is 5.92 Å². The molecular weight excluding hydrogens is 310 g/mol. The van der Waals surface area contributed by atoms with Crippen LogP contribution >= 0.6 is 27.5 Å². The van der Waals surface area contributed by atoms with Crippen LogP contribution in [0.3, 0.4) is 0 Å². The van der Waals surface area contributed by atoms with Gasteiger partial charge in [0.15, 0.2) is 0 Å². The van der Waals surface area contributed by atoms with Crippen molar-refractivity contribution in [3.05, 3.63) is 33.3 Å². The van der Waals surface area contributed by atoms with Gasteiger partial charge in [-0.2, -0.15) is 0 Å². The summed E-state index contributed by atoms with van der Waals surface area (Å²) in [6.07, 6.45) is 6.56. The number of rotatable bonds is 6. The molecule has 0 aliphatic heterocycles. The Bertz CT molecular complexity index is 390. The maximum Gasteiger partial charge on any atom is 0.0465 e. The summed E-state index contributed by atoms with van der Waals surface area (Å²) in [5, 5.41) is 4.52. The highest BCUT2D eigenvalue weighted by Gasteiger charge is 2.23. The molecule has 18 heavy (non-hydrogen) atoms. The lowest BCUT2D eigenvalue weighted by molar-refractivity contribution is 0.261. The van der Waals surface area contributed by atoms with Gasteiger partial charge in [-0.25, -0.2) is 0 Å². The molecule has 100 valence electrons. The Hall–Kier alpha value is -0.0500. The monoisotopic (exact) mass is 329 g/mol. The lowest BCUT2D eigenvalue weighted by atomic mass is 9.79. The lowest BCUT2D eigenvalue weighted by Crippen LogP contribution is -2.26. The summed E-state index contributed by atoms with van der Waals surface area (Å²) in [6.45, 7) is 3.26. The lowest BCUT2D eigenvalue weighted by Gasteiger charge is -2.31. The van der Waals surface area contributed by atoms with Crippen LogP contribution < -0.4 is 5.32 Å². The van der Waals surface area contributed by atoms with Crippen molar-refractivity contribution in [2.75, 3.05) is 6.54 Å². The molecule has 0 aromatic heterocycles. The van der Waals surface area contributed by atoms with Crippen molar-refractivity contribution in [2.24, 2.45) is 5.92 Å². The Morgan fingerprint density at radius 2 is 2.22 bits per heavy atom. The summed E-state index contributed by atoms with van der Waals surface area (Å²) in [4.78, 5) is 0. The number of benzene rings is 1. The van der Waals surface area contributed by atoms with Crippen molar-refractivity contribution >= 4 is 27.5 Å². The molecule has 1 aliphatic rings. The predicted molar refractivity (Wildman–Crippen MR) is 82.1 cm³/mol. The average Bonchev–Trinajstić information content (AvgIpc) is 2.28. The van der Waals surface area contributed by atoms with Crippen LogP contribution in [-0.4, -0.2) is 6.54 Å². The van der Waals surface area contributed by atoms with E-state index in [0.29, 0.717) is 6.04 Å². The molecule has 0 bridgehead atoms. The highest BCUT2D eigenvalue weighted by molar-refractivity contribution is 9.10. The molecular formula is C15H21BrClN. The minimum absolute atomic E-state index is 0.413. The Morgan fingerprint density at radius 3 is 2.78 bits per heavy atom. The quantitative estimate of drug-likeness (QED) is 0.743. The highest BCUT2D eigenvalue weighted by atomic mass is 79.9. The van der Waals surface area contributed by atoms with Crippen molar-refractivity contribution in [3.8, 4) is 0 Å². The van der Waals surface area contributed by atoms with E-state index < -0.39 is 0 Å². The van der Waals surface area contributed by atoms with Crippen LogP contribution in [0.5, 0.6) is 0 Å². The standard InChI is InChI=1S/C15H21BrClN/c1-2-8-18-15(9-11-4-3-5-11)13-7-6-12(16)10-14(13)17/h6-7,10-11,15,18H,2-5,8-9H2,1H3. The number of hydrogen-bond acceptors (Lipinski definition) is 1. The van der Waals surface area contributed by atoms with Gasteiger partial charge in [-0.3, -0.25) is 0 Å². The van der Waals surface area contributed by atoms with Gasteiger partial charge in [0, 0.05) is 15.5 Å². The third-order valence-corrected chi connectivity index (χ3v) is 4.59. The van der Waals surface area contributed by atoms with E-state index in [0.717, 1.165) is 28.4 Å². The summed E-state index contributed by atoms with van der Waals surface area (Å²) in [6, 6.07) is 6.65. The van der Waals surface area contributed by atoms with E-state index in [1.165, 1.54) is 31.2 Å². The molecule has 1 atom stereocenters. The first kappa shape index (κ1) is 14.4. The van der Waals surface area contributed by atoms with Gasteiger partial charge in [-0.05, 0) is 43.0 Å². The Balaban J connectivity index is 2.09. The first-order valence-corrected chi connectivity index (χ1v) is 8.06. The van der Waals surface area contributed by atoms with Gasteiger partial charge in [0.25, 0.3) is 0 Å². The fourth-order valence-electron chi connectivity index (χ4n) is 2.48. The molecule has 0 saturated heterocycles. The highest BCUT2D eigenvalue weighted by Crippen LogP contribution is 2.37. The summed E-state index contributed by atoms with van der Waals surface area (Å²) in [5.74, 6) is 0.888. The van der Waals surface area contributed by atoms with Gasteiger partial charge in [0.1, 0.15) is 0 Å². The van der Waals surface area contributed by atoms with Crippen LogP contribution in [0.4, 0.5) is 0 Å². The molecule has 0 radical (unpaired) electrons. The zero-order chi connectivity index (χ0) is 13.0. The summed E-state index contributed by atoms with van der Waals surface area (Å²) >= 11 is 9.85. The topological polar surface area (TPSA) is 12.0 Å². The second-order valence-electron chi connectivity index (χ2n) is 5.21. The Labute approximate surface area is 123 Å². The molecule has 2 rings (SSSR count). The predicted octanol–water partition coefficient (Wildman–Crippen LogP) is 5.33. The maximum atomic E-state index is 6.38. The average molecular weight is 331 g/mol. The molecule has 1 unspecified atom stereocenters. The largest absolute Gasteiger partial charge is 0.310 e. The molecule has 1 nitrogen and oxygen atoms in total. The van der Waals surface area contributed by atoms with Gasteiger partial charge in [0.05, 0.1) is 0 Å². The van der Waals surface area contributed by atoms with E-state index in [-0.39, 0.29) is 0 Å². The fraction of sp³-hybridized carbons (Fsp3) is 0.600. The van der Waals surface area contributed by atoms with Crippen molar-refractivity contribution in [2.45, 2.75) is 45.1 Å². The fourth-order valence-corrected chi connectivity index (χ4v) is 3.29. The van der Waals surface area contributed by atoms with Crippen molar-refractivity contribution in [1.82, 2.24) is 5.32 Å². The summed E-state index contributed by atoms with van der Waals surface area (Å²) < 4.78 is 1.05. The van der Waals surface area contributed by atoms with Crippen LogP contribution in [0.15, 0.2) is 22.7 Å². The van der Waals surface area contributed by atoms with Gasteiger partial charge in [-0.15, -0.1) is 0 Å². The van der Waals surface area contributed by atoms with E-state index in [4.69, 9.17) is 11.6 Å². The second-order valence-corrected chi connectivity index (χ2v) is 6.53. The normalized spacial score (nSPS) is 17.5. The zero-order valence-electron chi connectivity index (χ0n) is 10.9. The third-order valence-electron chi connectivity index (χ3n) is 3.77. The van der Waals surface area contributed by atoms with E-state index >= 15 is 0 Å². The van der Waals surface area contributed by atoms with E-state index in [9.17, 15) is 0 Å². The van der Waals surface area contributed by atoms with Crippen LogP contribution in [0.1, 0.15) is 50.6 Å². The summed E-state index contributed by atoms with van der Waals surface area (Å²) in [5.41, 5.74) is 1.25. The molecule has 0 spiro atoms. The molecule has 1 aromatic carbocycles. The van der Waals surface area contributed by atoms with Crippen molar-refractivity contribution < 1.29 is 0 Å². The van der Waals surface area contributed by atoms with Crippen molar-refractivity contribution in [3.63, 3.8) is 0 Å². The van der Waals surface area contributed by atoms with Gasteiger partial charge in [0.2, 0.25) is 0 Å². The minimum atomic E-state index is 0.413. The van der Waals surface area contributed by atoms with Crippen LogP contribution in [0.25, 0.3) is 0 Å². The molecule has 0 heterocycles. The maximum absolute atomic E-state index is 6.38. The first-order chi connectivity index (χ1) is 8.70. The molecule has 1 N–H and O–H groups in total. The second kappa shape index (κ2) is 6.93. The first-order valence-electron chi connectivity index (χ1n) is 6.89. The SMILES string of the molecule is CCCNC(CC1CCC1)c1ccc(Br)cc1Cl. The number of nitrogens with one attached hydrogen (secondary N) is 1. The van der Waals surface area contributed by atoms with E-state index in [1.807, 2.05) is 6.07 Å². The molecule has 1 aliphatic carbocycles. The Kier molecular flexibility index (Phi) is 5.53. The number of hydrogen-bond donors (Lipinski definition) is 1. The van der Waals surface area contributed by atoms with Crippen molar-refractivity contribution in [1.29, 1.82) is 0 Å². The van der Waals surface area contributed by atoms with Gasteiger partial charge >= 0.3 is 0 Å². The van der Waals surface area contributed by atoms with Crippen LogP contribution in [-0.2, 0) is 0 Å². The van der Waals surface area contributed by atoms with Crippen LogP contribution in [0.2, 0.25) is 5.02 Å². The minimum Gasteiger partial charge on any atom is -0.310 e. The Morgan fingerprint density at radius 1 is 1.44 bits per heavy atom. The molecule has 1 fully saturated rings. The van der Waals surface area contributed by atoms with E-state index in [2.05, 4.69) is 40.3 Å². The zero-order valence-corrected chi connectivity index (χ0v) is 13.2. The molecule has 1 aromatic rings. The molecule has 0 amide bonds. The third kappa shape index (κ3) is 3.72. The van der Waals surface area contributed by atoms with Gasteiger partial charge < -0.3 is 5.32 Å². The van der Waals surface area contributed by atoms with Gasteiger partial charge in [-0.1, -0.05) is 59.8 Å². The molecule has 1 saturated carbocycles. The van der Waals surface area contributed by atoms with E-state index in [1.54, 1.807) is 0 Å².